The number of ether oxygens (including phenoxy) is 3. The van der Waals surface area contributed by atoms with Gasteiger partial charge in [-0.2, -0.15) is 0 Å². The summed E-state index contributed by atoms with van der Waals surface area (Å²) in [6, 6.07) is 7.48. The number of carbonyl (C=O) groups excluding carboxylic acids is 1. The van der Waals surface area contributed by atoms with E-state index in [0.717, 1.165) is 22.6 Å². The predicted molar refractivity (Wildman–Crippen MR) is 129 cm³/mol. The standard InChI is InChI=1S/C26H33N3O5/c1-5-6-19-9-21-25(27-11-19)34-24(17(2)12-29(26(21)31)18(3)15-30)14-28(4)13-20-7-8-22-23(10-20)33-16-32-22/h5-11,17-18,24,30H,12-16H2,1-4H3/b6-5+/t17-,18-,24-/m1/s1. The van der Waals surface area contributed by atoms with Gasteiger partial charge in [0.25, 0.3) is 5.91 Å². The van der Waals surface area contributed by atoms with E-state index in [9.17, 15) is 9.90 Å². The Bertz CT molecular complexity index is 1060. The first kappa shape index (κ1) is 24.0. The van der Waals surface area contributed by atoms with Crippen molar-refractivity contribution in [3.8, 4) is 17.4 Å². The third-order valence-electron chi connectivity index (χ3n) is 6.28. The van der Waals surface area contributed by atoms with E-state index < -0.39 is 0 Å². The molecule has 0 unspecified atom stereocenters. The summed E-state index contributed by atoms with van der Waals surface area (Å²) in [6.07, 6.45) is 5.32. The van der Waals surface area contributed by atoms with Gasteiger partial charge in [0.2, 0.25) is 12.7 Å². The SMILES string of the molecule is C/C=C/c1cnc2c(c1)C(=O)N([C@H](C)CO)C[C@@H](C)[C@@H](CN(C)Cc1ccc3c(c1)OCO3)O2. The van der Waals surface area contributed by atoms with E-state index in [2.05, 4.69) is 16.8 Å². The Kier molecular flexibility index (Phi) is 7.38. The highest BCUT2D eigenvalue weighted by Crippen LogP contribution is 2.33. The van der Waals surface area contributed by atoms with Gasteiger partial charge in [-0.05, 0) is 50.2 Å². The van der Waals surface area contributed by atoms with E-state index in [4.69, 9.17) is 14.2 Å². The third kappa shape index (κ3) is 5.18. The van der Waals surface area contributed by atoms with Crippen LogP contribution < -0.4 is 14.2 Å². The van der Waals surface area contributed by atoms with Gasteiger partial charge in [0.1, 0.15) is 11.7 Å². The van der Waals surface area contributed by atoms with Crippen molar-refractivity contribution in [2.75, 3.05) is 33.5 Å². The molecule has 8 heteroatoms. The van der Waals surface area contributed by atoms with Crippen molar-refractivity contribution in [1.82, 2.24) is 14.8 Å². The van der Waals surface area contributed by atoms with Gasteiger partial charge >= 0.3 is 0 Å². The van der Waals surface area contributed by atoms with Gasteiger partial charge in [0.15, 0.2) is 11.5 Å². The number of aliphatic hydroxyl groups excluding tert-OH is 1. The molecule has 0 fully saturated rings. The van der Waals surface area contributed by atoms with Crippen LogP contribution >= 0.6 is 0 Å². The summed E-state index contributed by atoms with van der Waals surface area (Å²) in [7, 11) is 2.04. The molecule has 8 nitrogen and oxygen atoms in total. The molecule has 1 aromatic heterocycles. The van der Waals surface area contributed by atoms with Crippen LogP contribution in [0.4, 0.5) is 0 Å². The lowest BCUT2D eigenvalue weighted by Crippen LogP contribution is -2.49. The van der Waals surface area contributed by atoms with Crippen molar-refractivity contribution < 1.29 is 24.1 Å². The van der Waals surface area contributed by atoms with Crippen LogP contribution in [-0.2, 0) is 6.54 Å². The molecule has 1 aromatic carbocycles. The van der Waals surface area contributed by atoms with Crippen LogP contribution in [0.2, 0.25) is 0 Å². The molecule has 3 atom stereocenters. The van der Waals surface area contributed by atoms with Gasteiger partial charge in [-0.15, -0.1) is 0 Å². The van der Waals surface area contributed by atoms with Crippen molar-refractivity contribution in [1.29, 1.82) is 0 Å². The minimum Gasteiger partial charge on any atom is -0.472 e. The minimum absolute atomic E-state index is 0.0299. The minimum atomic E-state index is -0.307. The summed E-state index contributed by atoms with van der Waals surface area (Å²) in [5, 5.41) is 9.80. The number of pyridine rings is 1. The molecule has 1 N–H and O–H groups in total. The molecular formula is C26H33N3O5. The maximum atomic E-state index is 13.4. The molecule has 34 heavy (non-hydrogen) atoms. The first-order chi connectivity index (χ1) is 16.4. The number of carbonyl (C=O) groups is 1. The maximum absolute atomic E-state index is 13.4. The van der Waals surface area contributed by atoms with Crippen LogP contribution in [-0.4, -0.2) is 71.5 Å². The molecule has 0 aliphatic carbocycles. The zero-order valence-electron chi connectivity index (χ0n) is 20.2. The van der Waals surface area contributed by atoms with Gasteiger partial charge in [0, 0.05) is 31.7 Å². The van der Waals surface area contributed by atoms with Crippen LogP contribution in [0.15, 0.2) is 36.5 Å². The zero-order chi connectivity index (χ0) is 24.2. The molecule has 0 radical (unpaired) electrons. The number of allylic oxidation sites excluding steroid dienone is 1. The monoisotopic (exact) mass is 467 g/mol. The van der Waals surface area contributed by atoms with E-state index in [1.807, 2.05) is 57.3 Å². The highest BCUT2D eigenvalue weighted by Gasteiger charge is 2.34. The number of hydrogen-bond donors (Lipinski definition) is 1. The van der Waals surface area contributed by atoms with Gasteiger partial charge in [-0.25, -0.2) is 4.98 Å². The van der Waals surface area contributed by atoms with E-state index in [-0.39, 0.29) is 37.4 Å². The maximum Gasteiger partial charge on any atom is 0.259 e. The molecule has 0 bridgehead atoms. The second-order valence-corrected chi connectivity index (χ2v) is 9.13. The quantitative estimate of drug-likeness (QED) is 0.669. The fourth-order valence-corrected chi connectivity index (χ4v) is 4.34. The summed E-state index contributed by atoms with van der Waals surface area (Å²) in [4.78, 5) is 21.8. The normalized spacial score (nSPS) is 20.8. The number of fused-ring (bicyclic) bond motifs is 2. The fraction of sp³-hybridized carbons (Fsp3) is 0.462. The molecule has 2 aliphatic heterocycles. The van der Waals surface area contributed by atoms with Crippen LogP contribution in [0.3, 0.4) is 0 Å². The summed E-state index contributed by atoms with van der Waals surface area (Å²) in [5.74, 6) is 1.73. The lowest BCUT2D eigenvalue weighted by atomic mass is 9.99. The highest BCUT2D eigenvalue weighted by atomic mass is 16.7. The average Bonchev–Trinajstić information content (AvgIpc) is 3.29. The van der Waals surface area contributed by atoms with Crippen molar-refractivity contribution in [2.45, 2.75) is 39.5 Å². The van der Waals surface area contributed by atoms with E-state index >= 15 is 0 Å². The lowest BCUT2D eigenvalue weighted by molar-refractivity contribution is 0.0325. The number of benzene rings is 1. The van der Waals surface area contributed by atoms with Gasteiger partial charge in [0.05, 0.1) is 12.6 Å². The molecule has 2 aromatic rings. The van der Waals surface area contributed by atoms with Gasteiger partial charge < -0.3 is 24.2 Å². The Hall–Kier alpha value is -3.10. The number of amides is 1. The van der Waals surface area contributed by atoms with Crippen LogP contribution in [0.5, 0.6) is 17.4 Å². The molecule has 2 aliphatic rings. The Morgan fingerprint density at radius 1 is 1.29 bits per heavy atom. The molecule has 182 valence electrons. The number of rotatable bonds is 7. The molecule has 0 saturated heterocycles. The van der Waals surface area contributed by atoms with Crippen LogP contribution in [0.1, 0.15) is 42.3 Å². The van der Waals surface area contributed by atoms with E-state index in [1.54, 1.807) is 11.1 Å². The number of likely N-dealkylation sites (N-methyl/N-ethyl adjacent to an activating group) is 1. The summed E-state index contributed by atoms with van der Waals surface area (Å²) < 4.78 is 17.3. The first-order valence-corrected chi connectivity index (χ1v) is 11.7. The van der Waals surface area contributed by atoms with E-state index in [1.165, 1.54) is 0 Å². The largest absolute Gasteiger partial charge is 0.472 e. The fourth-order valence-electron chi connectivity index (χ4n) is 4.34. The van der Waals surface area contributed by atoms with Crippen molar-refractivity contribution in [3.05, 3.63) is 53.2 Å². The Balaban J connectivity index is 1.57. The summed E-state index contributed by atoms with van der Waals surface area (Å²) in [6.45, 7) is 7.83. The van der Waals surface area contributed by atoms with Crippen molar-refractivity contribution in [3.63, 3.8) is 0 Å². The Morgan fingerprint density at radius 2 is 2.09 bits per heavy atom. The number of nitrogens with zero attached hydrogens (tertiary/aromatic N) is 3. The Morgan fingerprint density at radius 3 is 2.85 bits per heavy atom. The second kappa shape index (κ2) is 10.4. The first-order valence-electron chi connectivity index (χ1n) is 11.7. The summed E-state index contributed by atoms with van der Waals surface area (Å²) >= 11 is 0. The average molecular weight is 468 g/mol. The molecule has 1 amide bonds. The van der Waals surface area contributed by atoms with Gasteiger partial charge in [-0.1, -0.05) is 25.1 Å². The van der Waals surface area contributed by atoms with Crippen molar-refractivity contribution in [2.24, 2.45) is 5.92 Å². The summed E-state index contributed by atoms with van der Waals surface area (Å²) in [5.41, 5.74) is 2.37. The second-order valence-electron chi connectivity index (χ2n) is 9.13. The zero-order valence-corrected chi connectivity index (χ0v) is 20.2. The number of aliphatic hydroxyl groups is 1. The van der Waals surface area contributed by atoms with Gasteiger partial charge in [-0.3, -0.25) is 9.69 Å². The lowest BCUT2D eigenvalue weighted by Gasteiger charge is -2.37. The molecule has 4 rings (SSSR count). The van der Waals surface area contributed by atoms with Crippen LogP contribution in [0.25, 0.3) is 6.08 Å². The van der Waals surface area contributed by atoms with Crippen molar-refractivity contribution >= 4 is 12.0 Å². The molecule has 3 heterocycles. The van der Waals surface area contributed by atoms with Crippen LogP contribution in [0, 0.1) is 5.92 Å². The predicted octanol–water partition coefficient (Wildman–Crippen LogP) is 3.20. The Labute approximate surface area is 200 Å². The topological polar surface area (TPSA) is 84.4 Å². The smallest absolute Gasteiger partial charge is 0.259 e. The third-order valence-corrected chi connectivity index (χ3v) is 6.28. The number of aromatic nitrogens is 1. The number of hydrogen-bond acceptors (Lipinski definition) is 7. The highest BCUT2D eigenvalue weighted by molar-refractivity contribution is 5.97. The molecular weight excluding hydrogens is 434 g/mol. The van der Waals surface area contributed by atoms with E-state index in [0.29, 0.717) is 31.1 Å². The molecule has 0 spiro atoms. The molecule has 0 saturated carbocycles.